The van der Waals surface area contributed by atoms with E-state index in [1.54, 1.807) is 6.33 Å². The first-order valence-corrected chi connectivity index (χ1v) is 5.98. The van der Waals surface area contributed by atoms with Crippen molar-refractivity contribution in [2.75, 3.05) is 0 Å². The van der Waals surface area contributed by atoms with Crippen molar-refractivity contribution in [2.24, 2.45) is 0 Å². The lowest BCUT2D eigenvalue weighted by molar-refractivity contribution is 0.975. The van der Waals surface area contributed by atoms with Gasteiger partial charge in [-0.25, -0.2) is 4.98 Å². The molecule has 0 aliphatic heterocycles. The molecule has 0 saturated heterocycles. The van der Waals surface area contributed by atoms with E-state index < -0.39 is 0 Å². The fraction of sp³-hybridized carbons (Fsp3) is 0.267. The number of H-pyrrole nitrogens is 1. The molecule has 0 fully saturated rings. The maximum Gasteiger partial charge on any atom is 0.0927 e. The first kappa shape index (κ1) is 11.6. The van der Waals surface area contributed by atoms with Gasteiger partial charge in [-0.1, -0.05) is 24.3 Å². The van der Waals surface area contributed by atoms with Crippen LogP contribution in [-0.4, -0.2) is 9.97 Å². The molecule has 1 N–H and O–H groups in total. The zero-order valence-corrected chi connectivity index (χ0v) is 10.4. The number of hydrogen-bond donors (Lipinski definition) is 1. The molecule has 2 nitrogen and oxygen atoms in total. The third kappa shape index (κ3) is 3.06. The Morgan fingerprint density at radius 3 is 2.65 bits per heavy atom. The normalized spacial score (nSPS) is 11.2. The molecule has 17 heavy (non-hydrogen) atoms. The fourth-order valence-electron chi connectivity index (χ4n) is 2.04. The zero-order valence-electron chi connectivity index (χ0n) is 10.4. The molecule has 0 bridgehead atoms. The van der Waals surface area contributed by atoms with Crippen molar-refractivity contribution in [2.45, 2.75) is 26.7 Å². The monoisotopic (exact) mass is 226 g/mol. The number of aromatic nitrogens is 2. The molecule has 0 aliphatic rings. The van der Waals surface area contributed by atoms with Gasteiger partial charge in [0.2, 0.25) is 0 Å². The summed E-state index contributed by atoms with van der Waals surface area (Å²) < 4.78 is 0. The molecule has 1 aromatic heterocycles. The lowest BCUT2D eigenvalue weighted by atomic mass is 9.98. The lowest BCUT2D eigenvalue weighted by Crippen LogP contribution is -1.92. The summed E-state index contributed by atoms with van der Waals surface area (Å²) in [5, 5.41) is 0. The van der Waals surface area contributed by atoms with Crippen molar-refractivity contribution in [1.82, 2.24) is 9.97 Å². The highest BCUT2D eigenvalue weighted by Crippen LogP contribution is 2.15. The van der Waals surface area contributed by atoms with Crippen LogP contribution < -0.4 is 0 Å². The minimum absolute atomic E-state index is 0.992. The predicted octanol–water partition coefficient (Wildman–Crippen LogP) is 3.67. The molecule has 2 aromatic rings. The van der Waals surface area contributed by atoms with Gasteiger partial charge in [0.15, 0.2) is 0 Å². The van der Waals surface area contributed by atoms with Gasteiger partial charge in [-0.2, -0.15) is 0 Å². The Kier molecular flexibility index (Phi) is 3.76. The van der Waals surface area contributed by atoms with Crippen LogP contribution >= 0.6 is 0 Å². The van der Waals surface area contributed by atoms with Gasteiger partial charge in [0.1, 0.15) is 0 Å². The third-order valence-electron chi connectivity index (χ3n) is 3.01. The predicted molar refractivity (Wildman–Crippen MR) is 71.9 cm³/mol. The van der Waals surface area contributed by atoms with E-state index in [-0.39, 0.29) is 0 Å². The largest absolute Gasteiger partial charge is 0.351 e. The fourth-order valence-corrected chi connectivity index (χ4v) is 2.04. The van der Waals surface area contributed by atoms with Gasteiger partial charge in [-0.3, -0.25) is 0 Å². The highest BCUT2D eigenvalue weighted by atomic mass is 14.8. The van der Waals surface area contributed by atoms with Crippen LogP contribution in [0.3, 0.4) is 0 Å². The van der Waals surface area contributed by atoms with E-state index in [0.717, 1.165) is 18.5 Å². The molecule has 0 aliphatic carbocycles. The first-order chi connectivity index (χ1) is 8.27. The van der Waals surface area contributed by atoms with E-state index in [2.05, 4.69) is 54.2 Å². The summed E-state index contributed by atoms with van der Waals surface area (Å²) in [4.78, 5) is 7.10. The van der Waals surface area contributed by atoms with E-state index in [1.807, 2.05) is 6.20 Å². The topological polar surface area (TPSA) is 28.7 Å². The molecule has 2 rings (SSSR count). The molecule has 88 valence electrons. The molecular weight excluding hydrogens is 208 g/mol. The summed E-state index contributed by atoms with van der Waals surface area (Å²) in [5.74, 6) is 0. The second-order valence-corrected chi connectivity index (χ2v) is 4.31. The van der Waals surface area contributed by atoms with Gasteiger partial charge in [-0.15, -0.1) is 0 Å². The van der Waals surface area contributed by atoms with Crippen molar-refractivity contribution in [3.05, 3.63) is 59.2 Å². The Balaban J connectivity index is 1.94. The number of aromatic amines is 1. The van der Waals surface area contributed by atoms with Crippen LogP contribution in [0.2, 0.25) is 0 Å². The van der Waals surface area contributed by atoms with Gasteiger partial charge in [-0.05, 0) is 49.5 Å². The molecule has 0 radical (unpaired) electrons. The van der Waals surface area contributed by atoms with E-state index >= 15 is 0 Å². The Morgan fingerprint density at radius 2 is 2.00 bits per heavy atom. The number of aryl methyl sites for hydroxylation is 2. The number of imidazole rings is 1. The summed E-state index contributed by atoms with van der Waals surface area (Å²) in [7, 11) is 0. The molecule has 0 saturated carbocycles. The van der Waals surface area contributed by atoms with E-state index in [9.17, 15) is 0 Å². The van der Waals surface area contributed by atoms with Crippen LogP contribution in [-0.2, 0) is 6.42 Å². The molecule has 0 atom stereocenters. The Hall–Kier alpha value is -1.83. The average Bonchev–Trinajstić information content (AvgIpc) is 2.80. The number of benzene rings is 1. The highest BCUT2D eigenvalue weighted by Gasteiger charge is 2.00. The smallest absolute Gasteiger partial charge is 0.0927 e. The SMILES string of the molecule is Cc1cccc(C)c1CCC=Cc1c[nH]cn1. The molecule has 2 heteroatoms. The minimum Gasteiger partial charge on any atom is -0.351 e. The van der Waals surface area contributed by atoms with Crippen LogP contribution in [0.5, 0.6) is 0 Å². The molecule has 0 unspecified atom stereocenters. The standard InChI is InChI=1S/C15H18N2/c1-12-6-5-7-13(2)15(12)9-4-3-8-14-10-16-11-17-14/h3,5-8,10-11H,4,9H2,1-2H3,(H,16,17). The summed E-state index contributed by atoms with van der Waals surface area (Å²) in [5.41, 5.74) is 5.24. The van der Waals surface area contributed by atoms with Crippen molar-refractivity contribution in [3.8, 4) is 0 Å². The maximum atomic E-state index is 4.15. The van der Waals surface area contributed by atoms with E-state index in [0.29, 0.717) is 0 Å². The number of hydrogen-bond acceptors (Lipinski definition) is 1. The van der Waals surface area contributed by atoms with Crippen molar-refractivity contribution >= 4 is 6.08 Å². The lowest BCUT2D eigenvalue weighted by Gasteiger charge is -2.07. The Labute approximate surface area is 102 Å². The summed E-state index contributed by atoms with van der Waals surface area (Å²) in [6.07, 6.45) is 9.99. The average molecular weight is 226 g/mol. The molecule has 0 amide bonds. The van der Waals surface area contributed by atoms with Gasteiger partial charge < -0.3 is 4.98 Å². The minimum atomic E-state index is 0.992. The summed E-state index contributed by atoms with van der Waals surface area (Å²) >= 11 is 0. The van der Waals surface area contributed by atoms with E-state index in [1.165, 1.54) is 16.7 Å². The maximum absolute atomic E-state index is 4.15. The zero-order chi connectivity index (χ0) is 12.1. The van der Waals surface area contributed by atoms with Crippen LogP contribution in [0.25, 0.3) is 6.08 Å². The Morgan fingerprint density at radius 1 is 1.24 bits per heavy atom. The number of nitrogens with zero attached hydrogens (tertiary/aromatic N) is 1. The molecule has 1 aromatic carbocycles. The first-order valence-electron chi connectivity index (χ1n) is 5.98. The van der Waals surface area contributed by atoms with Crippen LogP contribution in [0.4, 0.5) is 0 Å². The van der Waals surface area contributed by atoms with Crippen molar-refractivity contribution in [3.63, 3.8) is 0 Å². The number of nitrogens with one attached hydrogen (secondary N) is 1. The molecule has 0 spiro atoms. The second kappa shape index (κ2) is 5.48. The van der Waals surface area contributed by atoms with Crippen LogP contribution in [0, 0.1) is 13.8 Å². The molecule has 1 heterocycles. The summed E-state index contributed by atoms with van der Waals surface area (Å²) in [6, 6.07) is 6.48. The Bertz CT molecular complexity index is 475. The van der Waals surface area contributed by atoms with Gasteiger partial charge >= 0.3 is 0 Å². The summed E-state index contributed by atoms with van der Waals surface area (Å²) in [6.45, 7) is 4.36. The number of allylic oxidation sites excluding steroid dienone is 1. The van der Waals surface area contributed by atoms with Crippen molar-refractivity contribution < 1.29 is 0 Å². The van der Waals surface area contributed by atoms with Gasteiger partial charge in [0.05, 0.1) is 12.0 Å². The van der Waals surface area contributed by atoms with Crippen molar-refractivity contribution in [1.29, 1.82) is 0 Å². The van der Waals surface area contributed by atoms with Crippen LogP contribution in [0.1, 0.15) is 28.8 Å². The second-order valence-electron chi connectivity index (χ2n) is 4.31. The number of rotatable bonds is 4. The quantitative estimate of drug-likeness (QED) is 0.846. The van der Waals surface area contributed by atoms with Gasteiger partial charge in [0, 0.05) is 6.20 Å². The van der Waals surface area contributed by atoms with E-state index in [4.69, 9.17) is 0 Å². The highest BCUT2D eigenvalue weighted by molar-refractivity contribution is 5.43. The molecular formula is C15H18N2. The third-order valence-corrected chi connectivity index (χ3v) is 3.01. The van der Waals surface area contributed by atoms with Crippen LogP contribution in [0.15, 0.2) is 36.8 Å². The van der Waals surface area contributed by atoms with Gasteiger partial charge in [0.25, 0.3) is 0 Å².